The van der Waals surface area contributed by atoms with Crippen molar-refractivity contribution in [1.82, 2.24) is 10.2 Å². The van der Waals surface area contributed by atoms with Gasteiger partial charge in [0, 0.05) is 25.6 Å². The molecule has 0 radical (unpaired) electrons. The van der Waals surface area contributed by atoms with Crippen molar-refractivity contribution in [3.8, 4) is 0 Å². The standard InChI is InChI=1S/C14H20N2O5/c17-12-4-1-8-7-16(6-5-9(8)15-12)13(18)10-2-3-11(21-10)14(19)20/h8-11H,1-7H2,(H,15,17)(H,19,20)/t8?,9?,10-,11+/m0/s1. The molecule has 0 saturated carbocycles. The summed E-state index contributed by atoms with van der Waals surface area (Å²) in [7, 11) is 0. The number of carboxylic acid groups (broad SMARTS) is 1. The number of carbonyl (C=O) groups is 3. The maximum Gasteiger partial charge on any atom is 0.332 e. The zero-order valence-electron chi connectivity index (χ0n) is 11.8. The summed E-state index contributed by atoms with van der Waals surface area (Å²) >= 11 is 0. The highest BCUT2D eigenvalue weighted by Crippen LogP contribution is 2.28. The molecule has 0 spiro atoms. The minimum Gasteiger partial charge on any atom is -0.479 e. The number of nitrogens with zero attached hydrogens (tertiary/aromatic N) is 1. The van der Waals surface area contributed by atoms with E-state index in [1.807, 2.05) is 0 Å². The van der Waals surface area contributed by atoms with Crippen molar-refractivity contribution in [2.45, 2.75) is 50.4 Å². The Labute approximate surface area is 122 Å². The SMILES string of the molecule is O=C1CCC2CN(C(=O)[C@@H]3CC[C@H](C(=O)O)O3)CCC2N1. The van der Waals surface area contributed by atoms with Gasteiger partial charge >= 0.3 is 5.97 Å². The largest absolute Gasteiger partial charge is 0.479 e. The molecule has 0 bridgehead atoms. The van der Waals surface area contributed by atoms with Crippen molar-refractivity contribution in [2.24, 2.45) is 5.92 Å². The quantitative estimate of drug-likeness (QED) is 0.732. The molecule has 0 aromatic carbocycles. The van der Waals surface area contributed by atoms with Gasteiger partial charge in [-0.1, -0.05) is 0 Å². The van der Waals surface area contributed by atoms with Crippen LogP contribution in [0.2, 0.25) is 0 Å². The smallest absolute Gasteiger partial charge is 0.332 e. The number of rotatable bonds is 2. The highest BCUT2D eigenvalue weighted by atomic mass is 16.5. The molecule has 4 atom stereocenters. The summed E-state index contributed by atoms with van der Waals surface area (Å²) in [5.74, 6) is -0.704. The molecule has 116 valence electrons. The number of aliphatic carboxylic acids is 1. The summed E-state index contributed by atoms with van der Waals surface area (Å²) in [5, 5.41) is 11.9. The molecule has 3 rings (SSSR count). The number of carbonyl (C=O) groups excluding carboxylic acids is 2. The minimum absolute atomic E-state index is 0.0967. The molecule has 3 fully saturated rings. The monoisotopic (exact) mass is 296 g/mol. The predicted molar refractivity (Wildman–Crippen MR) is 71.4 cm³/mol. The van der Waals surface area contributed by atoms with Crippen LogP contribution in [0.4, 0.5) is 0 Å². The second-order valence-corrected chi connectivity index (χ2v) is 6.07. The van der Waals surface area contributed by atoms with E-state index in [4.69, 9.17) is 9.84 Å². The van der Waals surface area contributed by atoms with E-state index >= 15 is 0 Å². The van der Waals surface area contributed by atoms with Gasteiger partial charge in [0.2, 0.25) is 5.91 Å². The van der Waals surface area contributed by atoms with E-state index in [1.54, 1.807) is 4.90 Å². The third-order valence-corrected chi connectivity index (χ3v) is 4.70. The predicted octanol–water partition coefficient (Wildman–Crippen LogP) is -0.254. The van der Waals surface area contributed by atoms with Crippen LogP contribution in [-0.4, -0.2) is 59.1 Å². The van der Waals surface area contributed by atoms with Gasteiger partial charge in [0.05, 0.1) is 0 Å². The molecular formula is C14H20N2O5. The van der Waals surface area contributed by atoms with Crippen molar-refractivity contribution >= 4 is 17.8 Å². The Bertz CT molecular complexity index is 466. The number of nitrogens with one attached hydrogen (secondary N) is 1. The Morgan fingerprint density at radius 3 is 2.67 bits per heavy atom. The van der Waals surface area contributed by atoms with Gasteiger partial charge in [-0.25, -0.2) is 4.79 Å². The maximum absolute atomic E-state index is 12.4. The first-order chi connectivity index (χ1) is 10.0. The summed E-state index contributed by atoms with van der Waals surface area (Å²) < 4.78 is 5.33. The van der Waals surface area contributed by atoms with Gasteiger partial charge in [-0.15, -0.1) is 0 Å². The highest BCUT2D eigenvalue weighted by molar-refractivity contribution is 5.83. The first-order valence-electron chi connectivity index (χ1n) is 7.51. The molecule has 2 N–H and O–H groups in total. The lowest BCUT2D eigenvalue weighted by Crippen LogP contribution is -2.56. The van der Waals surface area contributed by atoms with Gasteiger partial charge in [0.15, 0.2) is 6.10 Å². The fraction of sp³-hybridized carbons (Fsp3) is 0.786. The zero-order valence-corrected chi connectivity index (χ0v) is 11.8. The van der Waals surface area contributed by atoms with E-state index < -0.39 is 18.2 Å². The minimum atomic E-state index is -1.00. The summed E-state index contributed by atoms with van der Waals surface area (Å²) in [4.78, 5) is 36.4. The molecule has 2 amide bonds. The number of hydrogen-bond donors (Lipinski definition) is 2. The van der Waals surface area contributed by atoms with Gasteiger partial charge < -0.3 is 20.1 Å². The van der Waals surface area contributed by atoms with Crippen molar-refractivity contribution in [3.63, 3.8) is 0 Å². The lowest BCUT2D eigenvalue weighted by atomic mass is 9.85. The van der Waals surface area contributed by atoms with Gasteiger partial charge in [-0.3, -0.25) is 9.59 Å². The van der Waals surface area contributed by atoms with Crippen LogP contribution in [0.5, 0.6) is 0 Å². The average Bonchev–Trinajstić information content (AvgIpc) is 2.96. The molecule has 0 aromatic rings. The molecule has 7 nitrogen and oxygen atoms in total. The lowest BCUT2D eigenvalue weighted by molar-refractivity contribution is -0.155. The van der Waals surface area contributed by atoms with Crippen LogP contribution in [0.3, 0.4) is 0 Å². The van der Waals surface area contributed by atoms with E-state index in [-0.39, 0.29) is 17.9 Å². The Kier molecular flexibility index (Phi) is 3.84. The van der Waals surface area contributed by atoms with Crippen LogP contribution in [0.25, 0.3) is 0 Å². The summed E-state index contributed by atoms with van der Waals surface area (Å²) in [5.41, 5.74) is 0. The van der Waals surface area contributed by atoms with Crippen molar-refractivity contribution in [3.05, 3.63) is 0 Å². The maximum atomic E-state index is 12.4. The zero-order chi connectivity index (χ0) is 15.0. The van der Waals surface area contributed by atoms with Crippen LogP contribution < -0.4 is 5.32 Å². The number of hydrogen-bond acceptors (Lipinski definition) is 4. The van der Waals surface area contributed by atoms with Crippen LogP contribution in [0, 0.1) is 5.92 Å². The molecule has 0 aromatic heterocycles. The van der Waals surface area contributed by atoms with Crippen LogP contribution in [0.15, 0.2) is 0 Å². The first-order valence-corrected chi connectivity index (χ1v) is 7.51. The molecule has 3 aliphatic heterocycles. The molecule has 3 aliphatic rings. The lowest BCUT2D eigenvalue weighted by Gasteiger charge is -2.42. The second kappa shape index (κ2) is 5.63. The van der Waals surface area contributed by atoms with Gasteiger partial charge in [0.1, 0.15) is 6.10 Å². The summed E-state index contributed by atoms with van der Waals surface area (Å²) in [6, 6.07) is 0.173. The van der Waals surface area contributed by atoms with E-state index in [0.29, 0.717) is 38.3 Å². The number of ether oxygens (including phenoxy) is 1. The highest BCUT2D eigenvalue weighted by Gasteiger charge is 2.40. The number of likely N-dealkylation sites (tertiary alicyclic amines) is 1. The topological polar surface area (TPSA) is 95.9 Å². The van der Waals surface area contributed by atoms with Crippen molar-refractivity contribution in [2.75, 3.05) is 13.1 Å². The Balaban J connectivity index is 1.57. The molecule has 3 saturated heterocycles. The van der Waals surface area contributed by atoms with Gasteiger partial charge in [0.25, 0.3) is 5.91 Å². The molecular weight excluding hydrogens is 276 g/mol. The van der Waals surface area contributed by atoms with E-state index in [9.17, 15) is 14.4 Å². The number of carboxylic acids is 1. The number of fused-ring (bicyclic) bond motifs is 1. The van der Waals surface area contributed by atoms with Gasteiger partial charge in [-0.05, 0) is 31.6 Å². The average molecular weight is 296 g/mol. The second-order valence-electron chi connectivity index (χ2n) is 6.07. The third kappa shape index (κ3) is 2.88. The van der Waals surface area contributed by atoms with Crippen LogP contribution in [0.1, 0.15) is 32.1 Å². The Morgan fingerprint density at radius 1 is 1.19 bits per heavy atom. The van der Waals surface area contributed by atoms with E-state index in [0.717, 1.165) is 12.8 Å². The van der Waals surface area contributed by atoms with E-state index in [1.165, 1.54) is 0 Å². The summed E-state index contributed by atoms with van der Waals surface area (Å²) in [6.07, 6.45) is 1.47. The Hall–Kier alpha value is -1.63. The molecule has 7 heteroatoms. The van der Waals surface area contributed by atoms with E-state index in [2.05, 4.69) is 5.32 Å². The fourth-order valence-corrected chi connectivity index (χ4v) is 3.51. The number of amides is 2. The van der Waals surface area contributed by atoms with Gasteiger partial charge in [-0.2, -0.15) is 0 Å². The fourth-order valence-electron chi connectivity index (χ4n) is 3.51. The molecule has 3 heterocycles. The Morgan fingerprint density at radius 2 is 1.95 bits per heavy atom. The van der Waals surface area contributed by atoms with Crippen LogP contribution >= 0.6 is 0 Å². The third-order valence-electron chi connectivity index (χ3n) is 4.70. The van der Waals surface area contributed by atoms with Crippen molar-refractivity contribution < 1.29 is 24.2 Å². The molecule has 0 aliphatic carbocycles. The first kappa shape index (κ1) is 14.3. The molecule has 2 unspecified atom stereocenters. The van der Waals surface area contributed by atoms with Crippen molar-refractivity contribution in [1.29, 1.82) is 0 Å². The molecule has 21 heavy (non-hydrogen) atoms. The van der Waals surface area contributed by atoms with Crippen LogP contribution in [-0.2, 0) is 19.1 Å². The summed E-state index contributed by atoms with van der Waals surface area (Å²) in [6.45, 7) is 1.22. The normalized spacial score (nSPS) is 36.0. The number of piperidine rings is 2.